The number of hydrogen-bond acceptors (Lipinski definition) is 2. The van der Waals surface area contributed by atoms with E-state index in [4.69, 9.17) is 5.26 Å². The number of benzene rings is 1. The molecule has 0 aliphatic heterocycles. The molecule has 0 amide bonds. The van der Waals surface area contributed by atoms with Crippen LogP contribution in [0.3, 0.4) is 0 Å². The second kappa shape index (κ2) is 3.12. The second-order valence-corrected chi connectivity index (χ2v) is 3.43. The Kier molecular flexibility index (Phi) is 1.94. The van der Waals surface area contributed by atoms with Crippen LogP contribution < -0.4 is 0 Å². The van der Waals surface area contributed by atoms with Gasteiger partial charge in [-0.15, -0.1) is 0 Å². The summed E-state index contributed by atoms with van der Waals surface area (Å²) in [5.41, 5.74) is 3.81. The monoisotopic (exact) mass is 182 g/mol. The third-order valence-corrected chi connectivity index (χ3v) is 2.41. The highest BCUT2D eigenvalue weighted by Gasteiger charge is 2.03. The van der Waals surface area contributed by atoms with Crippen molar-refractivity contribution in [3.63, 3.8) is 0 Å². The number of hydrogen-bond donors (Lipinski definition) is 0. The number of pyridine rings is 1. The van der Waals surface area contributed by atoms with Gasteiger partial charge in [0.1, 0.15) is 6.07 Å². The molecule has 0 aliphatic carbocycles. The molecule has 0 atom stereocenters. The van der Waals surface area contributed by atoms with Crippen molar-refractivity contribution in [2.24, 2.45) is 0 Å². The van der Waals surface area contributed by atoms with E-state index in [1.54, 1.807) is 6.20 Å². The summed E-state index contributed by atoms with van der Waals surface area (Å²) in [6.07, 6.45) is 1.63. The Morgan fingerprint density at radius 3 is 2.79 bits per heavy atom. The summed E-state index contributed by atoms with van der Waals surface area (Å²) in [5, 5.41) is 9.93. The molecule has 0 spiro atoms. The predicted molar refractivity (Wildman–Crippen MR) is 55.9 cm³/mol. The van der Waals surface area contributed by atoms with E-state index < -0.39 is 0 Å². The minimum atomic E-state index is 0.656. The van der Waals surface area contributed by atoms with E-state index in [0.717, 1.165) is 16.5 Å². The Bertz CT molecular complexity index is 536. The zero-order valence-corrected chi connectivity index (χ0v) is 8.20. The van der Waals surface area contributed by atoms with E-state index >= 15 is 0 Å². The Balaban J connectivity index is 2.88. The van der Waals surface area contributed by atoms with Gasteiger partial charge >= 0.3 is 0 Å². The summed E-state index contributed by atoms with van der Waals surface area (Å²) in [5.74, 6) is 0. The van der Waals surface area contributed by atoms with Gasteiger partial charge in [0.25, 0.3) is 0 Å². The summed E-state index contributed by atoms with van der Waals surface area (Å²) in [4.78, 5) is 4.23. The van der Waals surface area contributed by atoms with Gasteiger partial charge in [-0.2, -0.15) is 5.26 Å². The third-order valence-electron chi connectivity index (χ3n) is 2.41. The summed E-state index contributed by atoms with van der Waals surface area (Å²) in [6.45, 7) is 4.00. The lowest BCUT2D eigenvalue weighted by atomic mass is 10.0. The normalized spacial score (nSPS) is 10.1. The summed E-state index contributed by atoms with van der Waals surface area (Å²) in [7, 11) is 0. The molecule has 0 N–H and O–H groups in total. The minimum Gasteiger partial charge on any atom is -0.255 e. The lowest BCUT2D eigenvalue weighted by Crippen LogP contribution is -1.88. The number of fused-ring (bicyclic) bond motifs is 1. The van der Waals surface area contributed by atoms with Gasteiger partial charge in [-0.1, -0.05) is 11.6 Å². The van der Waals surface area contributed by atoms with Crippen molar-refractivity contribution in [2.75, 3.05) is 0 Å². The first-order valence-corrected chi connectivity index (χ1v) is 4.48. The maximum atomic E-state index is 8.86. The number of aromatic nitrogens is 1. The standard InChI is InChI=1S/C12H10N2/c1-8-3-4-12-11(5-8)9(2)10(6-13)7-14-12/h3-5,7H,1-2H3. The highest BCUT2D eigenvalue weighted by Crippen LogP contribution is 2.20. The number of aryl methyl sites for hydroxylation is 2. The fraction of sp³-hybridized carbons (Fsp3) is 0.167. The number of rotatable bonds is 0. The highest BCUT2D eigenvalue weighted by molar-refractivity contribution is 5.84. The van der Waals surface area contributed by atoms with Crippen LogP contribution in [-0.4, -0.2) is 4.98 Å². The van der Waals surface area contributed by atoms with Gasteiger partial charge in [0.05, 0.1) is 11.1 Å². The van der Waals surface area contributed by atoms with Gasteiger partial charge in [0.2, 0.25) is 0 Å². The molecule has 1 aromatic heterocycles. The molecule has 2 rings (SSSR count). The smallest absolute Gasteiger partial charge is 0.101 e. The highest BCUT2D eigenvalue weighted by atomic mass is 14.7. The Labute approximate surface area is 82.8 Å². The van der Waals surface area contributed by atoms with Gasteiger partial charge in [0.15, 0.2) is 0 Å². The van der Waals surface area contributed by atoms with Crippen molar-refractivity contribution in [1.29, 1.82) is 5.26 Å². The van der Waals surface area contributed by atoms with E-state index in [1.165, 1.54) is 5.56 Å². The Morgan fingerprint density at radius 1 is 1.29 bits per heavy atom. The molecular formula is C12H10N2. The molecule has 0 saturated heterocycles. The molecule has 0 radical (unpaired) electrons. The molecule has 0 saturated carbocycles. The fourth-order valence-electron chi connectivity index (χ4n) is 1.55. The Hall–Kier alpha value is -1.88. The molecular weight excluding hydrogens is 172 g/mol. The van der Waals surface area contributed by atoms with Gasteiger partial charge < -0.3 is 0 Å². The van der Waals surface area contributed by atoms with Crippen LogP contribution in [0.4, 0.5) is 0 Å². The molecule has 2 nitrogen and oxygen atoms in total. The van der Waals surface area contributed by atoms with Gasteiger partial charge in [-0.05, 0) is 31.5 Å². The van der Waals surface area contributed by atoms with Crippen LogP contribution in [0, 0.1) is 25.2 Å². The van der Waals surface area contributed by atoms with Crippen LogP contribution in [0.2, 0.25) is 0 Å². The van der Waals surface area contributed by atoms with Crippen LogP contribution >= 0.6 is 0 Å². The van der Waals surface area contributed by atoms with Crippen LogP contribution in [0.15, 0.2) is 24.4 Å². The van der Waals surface area contributed by atoms with Crippen LogP contribution in [0.1, 0.15) is 16.7 Å². The zero-order chi connectivity index (χ0) is 10.1. The molecule has 0 unspecified atom stereocenters. The van der Waals surface area contributed by atoms with Crippen molar-refractivity contribution >= 4 is 10.9 Å². The van der Waals surface area contributed by atoms with E-state index in [1.807, 2.05) is 26.0 Å². The summed E-state index contributed by atoms with van der Waals surface area (Å²) < 4.78 is 0. The van der Waals surface area contributed by atoms with E-state index in [9.17, 15) is 0 Å². The van der Waals surface area contributed by atoms with E-state index in [2.05, 4.69) is 17.1 Å². The summed E-state index contributed by atoms with van der Waals surface area (Å²) in [6, 6.07) is 8.23. The summed E-state index contributed by atoms with van der Waals surface area (Å²) >= 11 is 0. The topological polar surface area (TPSA) is 36.7 Å². The lowest BCUT2D eigenvalue weighted by molar-refractivity contribution is 1.31. The lowest BCUT2D eigenvalue weighted by Gasteiger charge is -2.03. The molecule has 68 valence electrons. The van der Waals surface area contributed by atoms with Gasteiger partial charge in [0, 0.05) is 11.6 Å². The second-order valence-electron chi connectivity index (χ2n) is 3.43. The quantitative estimate of drug-likeness (QED) is 0.628. The number of nitriles is 1. The van der Waals surface area contributed by atoms with Crippen LogP contribution in [0.5, 0.6) is 0 Å². The fourth-order valence-corrected chi connectivity index (χ4v) is 1.55. The van der Waals surface area contributed by atoms with Gasteiger partial charge in [-0.3, -0.25) is 4.98 Å². The molecule has 2 heteroatoms. The maximum absolute atomic E-state index is 8.86. The average Bonchev–Trinajstić information content (AvgIpc) is 2.20. The molecule has 0 aliphatic rings. The van der Waals surface area contributed by atoms with Gasteiger partial charge in [-0.25, -0.2) is 0 Å². The molecule has 0 fully saturated rings. The van der Waals surface area contributed by atoms with Crippen LogP contribution in [-0.2, 0) is 0 Å². The SMILES string of the molecule is Cc1ccc2ncc(C#N)c(C)c2c1. The molecule has 1 heterocycles. The zero-order valence-electron chi connectivity index (χ0n) is 8.20. The largest absolute Gasteiger partial charge is 0.255 e. The predicted octanol–water partition coefficient (Wildman–Crippen LogP) is 2.72. The first-order valence-electron chi connectivity index (χ1n) is 4.48. The molecule has 2 aromatic rings. The molecule has 1 aromatic carbocycles. The first-order chi connectivity index (χ1) is 6.72. The van der Waals surface area contributed by atoms with Crippen molar-refractivity contribution in [1.82, 2.24) is 4.98 Å². The van der Waals surface area contributed by atoms with Crippen molar-refractivity contribution < 1.29 is 0 Å². The van der Waals surface area contributed by atoms with Crippen molar-refractivity contribution in [3.05, 3.63) is 41.1 Å². The third kappa shape index (κ3) is 1.23. The van der Waals surface area contributed by atoms with E-state index in [0.29, 0.717) is 5.56 Å². The Morgan fingerprint density at radius 2 is 2.07 bits per heavy atom. The van der Waals surface area contributed by atoms with Crippen LogP contribution in [0.25, 0.3) is 10.9 Å². The molecule has 14 heavy (non-hydrogen) atoms. The average molecular weight is 182 g/mol. The maximum Gasteiger partial charge on any atom is 0.101 e. The number of nitrogens with zero attached hydrogens (tertiary/aromatic N) is 2. The molecule has 0 bridgehead atoms. The first kappa shape index (κ1) is 8.71. The van der Waals surface area contributed by atoms with Crippen molar-refractivity contribution in [2.45, 2.75) is 13.8 Å². The van der Waals surface area contributed by atoms with E-state index in [-0.39, 0.29) is 0 Å². The minimum absolute atomic E-state index is 0.656. The van der Waals surface area contributed by atoms with Crippen molar-refractivity contribution in [3.8, 4) is 6.07 Å².